The second kappa shape index (κ2) is 17.8. The lowest BCUT2D eigenvalue weighted by Gasteiger charge is -2.43. The topological polar surface area (TPSA) is 208 Å². The summed E-state index contributed by atoms with van der Waals surface area (Å²) < 4.78 is 37.8. The van der Waals surface area contributed by atoms with Gasteiger partial charge in [-0.3, -0.25) is 29.3 Å². The predicted molar refractivity (Wildman–Crippen MR) is 150 cm³/mol. The van der Waals surface area contributed by atoms with Crippen LogP contribution in [0.1, 0.15) is 33.3 Å². The van der Waals surface area contributed by atoms with E-state index in [0.29, 0.717) is 13.1 Å². The van der Waals surface area contributed by atoms with Gasteiger partial charge in [0.15, 0.2) is 18.0 Å². The van der Waals surface area contributed by atoms with Crippen LogP contribution in [-0.4, -0.2) is 104 Å². The lowest BCUT2D eigenvalue weighted by atomic mass is 9.98. The molecular weight excluding hydrogens is 614 g/mol. The van der Waals surface area contributed by atoms with Crippen molar-refractivity contribution in [3.8, 4) is 5.75 Å². The van der Waals surface area contributed by atoms with Crippen LogP contribution in [0.15, 0.2) is 18.2 Å². The third-order valence-electron chi connectivity index (χ3n) is 5.78. The predicted octanol–water partition coefficient (Wildman–Crippen LogP) is 1.27. The number of rotatable bonds is 13. The number of halogens is 1. The fourth-order valence-electron chi connectivity index (χ4n) is 3.93. The number of nitrogens with zero attached hydrogens (tertiary/aromatic N) is 2. The first-order valence-corrected chi connectivity index (χ1v) is 13.0. The number of nitrogens with one attached hydrogen (secondary N) is 1. The molecule has 17 nitrogen and oxygen atoms in total. The van der Waals surface area contributed by atoms with Gasteiger partial charge in [0, 0.05) is 53.9 Å². The van der Waals surface area contributed by atoms with Crippen LogP contribution in [0.2, 0.25) is 0 Å². The zero-order chi connectivity index (χ0) is 32.3. The molecule has 1 aliphatic heterocycles. The van der Waals surface area contributed by atoms with Crippen molar-refractivity contribution in [3.63, 3.8) is 0 Å². The number of amides is 1. The SMILES string of the molecule is CNCCN(C)C(=O)OCc1ccc(O[C@@H]2O[C@H](COC(C)=O)[C@H](OC(C)=O)[C@H](OC(C)=O)[C@H]2OC(C)=O)c([N+](=O)[O-])c1.Cl. The van der Waals surface area contributed by atoms with Gasteiger partial charge in [-0.25, -0.2) is 4.79 Å². The fourth-order valence-corrected chi connectivity index (χ4v) is 3.93. The molecule has 1 N–H and O–H groups in total. The molecule has 1 aromatic carbocycles. The summed E-state index contributed by atoms with van der Waals surface area (Å²) >= 11 is 0. The van der Waals surface area contributed by atoms with Crippen LogP contribution in [0.25, 0.3) is 0 Å². The number of carbonyl (C=O) groups excluding carboxylic acids is 5. The van der Waals surface area contributed by atoms with Crippen molar-refractivity contribution >= 4 is 48.1 Å². The Balaban J connectivity index is 0.00000968. The van der Waals surface area contributed by atoms with Gasteiger partial charge in [0.2, 0.25) is 12.4 Å². The van der Waals surface area contributed by atoms with Crippen molar-refractivity contribution in [1.29, 1.82) is 0 Å². The van der Waals surface area contributed by atoms with E-state index in [-0.39, 0.29) is 30.3 Å². The molecule has 44 heavy (non-hydrogen) atoms. The van der Waals surface area contributed by atoms with Gasteiger partial charge in [-0.05, 0) is 18.7 Å². The first kappa shape index (κ1) is 37.8. The van der Waals surface area contributed by atoms with Gasteiger partial charge in [-0.2, -0.15) is 0 Å². The van der Waals surface area contributed by atoms with E-state index in [1.165, 1.54) is 24.1 Å². The van der Waals surface area contributed by atoms with Crippen LogP contribution < -0.4 is 10.1 Å². The maximum absolute atomic E-state index is 12.2. The molecule has 0 spiro atoms. The summed E-state index contributed by atoms with van der Waals surface area (Å²) in [7, 11) is 3.26. The van der Waals surface area contributed by atoms with E-state index >= 15 is 0 Å². The Hall–Kier alpha value is -4.22. The third-order valence-corrected chi connectivity index (χ3v) is 5.78. The molecular formula is C26H36ClN3O14. The highest BCUT2D eigenvalue weighted by Crippen LogP contribution is 2.35. The van der Waals surface area contributed by atoms with Crippen LogP contribution in [0.4, 0.5) is 10.5 Å². The van der Waals surface area contributed by atoms with E-state index in [2.05, 4.69) is 5.32 Å². The van der Waals surface area contributed by atoms with E-state index in [1.807, 2.05) is 0 Å². The smallest absolute Gasteiger partial charge is 0.409 e. The van der Waals surface area contributed by atoms with Gasteiger partial charge in [0.05, 0.1) is 4.92 Å². The quantitative estimate of drug-likeness (QED) is 0.138. The summed E-state index contributed by atoms with van der Waals surface area (Å²) in [6, 6.07) is 3.72. The summed E-state index contributed by atoms with van der Waals surface area (Å²) in [6.45, 7) is 4.39. The molecule has 1 aromatic rings. The maximum Gasteiger partial charge on any atom is 0.409 e. The van der Waals surface area contributed by atoms with Crippen LogP contribution >= 0.6 is 12.4 Å². The number of esters is 4. The number of benzene rings is 1. The Labute approximate surface area is 258 Å². The van der Waals surface area contributed by atoms with Crippen molar-refractivity contribution in [2.45, 2.75) is 65.0 Å². The van der Waals surface area contributed by atoms with Crippen LogP contribution in [0.3, 0.4) is 0 Å². The molecule has 246 valence electrons. The third kappa shape index (κ3) is 11.5. The average molecular weight is 650 g/mol. The number of hydrogen-bond donors (Lipinski definition) is 1. The van der Waals surface area contributed by atoms with Crippen molar-refractivity contribution in [2.24, 2.45) is 0 Å². The Morgan fingerprint density at radius 2 is 1.52 bits per heavy atom. The van der Waals surface area contributed by atoms with Gasteiger partial charge in [0.1, 0.15) is 19.3 Å². The van der Waals surface area contributed by atoms with Crippen LogP contribution in [-0.2, 0) is 54.2 Å². The molecule has 18 heteroatoms. The van der Waals surface area contributed by atoms with Crippen molar-refractivity contribution in [1.82, 2.24) is 10.2 Å². The van der Waals surface area contributed by atoms with E-state index in [9.17, 15) is 34.1 Å². The van der Waals surface area contributed by atoms with Crippen molar-refractivity contribution < 1.29 is 62.1 Å². The minimum Gasteiger partial charge on any atom is -0.463 e. The fraction of sp³-hybridized carbons (Fsp3) is 0.577. The number of hydrogen-bond acceptors (Lipinski definition) is 15. The average Bonchev–Trinajstić information content (AvgIpc) is 2.92. The van der Waals surface area contributed by atoms with Crippen LogP contribution in [0.5, 0.6) is 5.75 Å². The van der Waals surface area contributed by atoms with Gasteiger partial charge in [-0.1, -0.05) is 6.07 Å². The van der Waals surface area contributed by atoms with E-state index < -0.39 is 77.9 Å². The standard InChI is InChI=1S/C26H35N3O14.ClH/c1-14(30)37-13-21-22(39-15(2)31)23(40-16(3)32)24(41-17(4)33)25(43-21)42-20-8-7-18(11-19(20)29(35)36)12-38-26(34)28(6)10-9-27-5;/h7-8,11,21-25,27H,9-10,12-13H2,1-6H3;1H/t21-,22+,23+,24-,25-;/m1./s1. The van der Waals surface area contributed by atoms with Crippen molar-refractivity contribution in [3.05, 3.63) is 33.9 Å². The molecule has 0 saturated carbocycles. The van der Waals surface area contributed by atoms with E-state index in [0.717, 1.165) is 33.8 Å². The lowest BCUT2D eigenvalue weighted by molar-refractivity contribution is -0.387. The summed E-state index contributed by atoms with van der Waals surface area (Å²) in [5.74, 6) is -3.61. The molecule has 1 fully saturated rings. The summed E-state index contributed by atoms with van der Waals surface area (Å²) in [4.78, 5) is 72.1. The van der Waals surface area contributed by atoms with Gasteiger partial charge < -0.3 is 43.4 Å². The highest BCUT2D eigenvalue weighted by atomic mass is 35.5. The highest BCUT2D eigenvalue weighted by molar-refractivity contribution is 5.85. The van der Waals surface area contributed by atoms with Crippen LogP contribution in [0, 0.1) is 10.1 Å². The molecule has 1 aliphatic rings. The number of nitro groups is 1. The number of likely N-dealkylation sites (N-methyl/N-ethyl adjacent to an activating group) is 2. The first-order valence-electron chi connectivity index (χ1n) is 13.0. The summed E-state index contributed by atoms with van der Waals surface area (Å²) in [5, 5.41) is 14.8. The minimum atomic E-state index is -1.68. The second-order valence-corrected chi connectivity index (χ2v) is 9.32. The zero-order valence-electron chi connectivity index (χ0n) is 25.0. The summed E-state index contributed by atoms with van der Waals surface area (Å²) in [6.07, 6.45) is -8.18. The molecule has 0 aromatic heterocycles. The molecule has 0 bridgehead atoms. The number of carbonyl (C=O) groups is 5. The van der Waals surface area contributed by atoms with E-state index in [4.69, 9.17) is 33.2 Å². The zero-order valence-corrected chi connectivity index (χ0v) is 25.8. The van der Waals surface area contributed by atoms with Gasteiger partial charge >= 0.3 is 35.7 Å². The highest BCUT2D eigenvalue weighted by Gasteiger charge is 2.53. The second-order valence-electron chi connectivity index (χ2n) is 9.32. The number of ether oxygens (including phenoxy) is 7. The van der Waals surface area contributed by atoms with Crippen molar-refractivity contribution in [2.75, 3.05) is 33.8 Å². The molecule has 0 unspecified atom stereocenters. The molecule has 0 radical (unpaired) electrons. The minimum absolute atomic E-state index is 0. The Kier molecular flexibility index (Phi) is 15.3. The molecule has 0 aliphatic carbocycles. The molecule has 1 heterocycles. The molecule has 1 saturated heterocycles. The molecule has 2 rings (SSSR count). The largest absolute Gasteiger partial charge is 0.463 e. The Morgan fingerprint density at radius 1 is 0.932 bits per heavy atom. The van der Waals surface area contributed by atoms with E-state index in [1.54, 1.807) is 7.05 Å². The Morgan fingerprint density at radius 3 is 2.07 bits per heavy atom. The monoisotopic (exact) mass is 649 g/mol. The Bertz CT molecular complexity index is 1200. The molecule has 1 amide bonds. The summed E-state index contributed by atoms with van der Waals surface area (Å²) in [5.41, 5.74) is -0.305. The first-order chi connectivity index (χ1) is 20.2. The van der Waals surface area contributed by atoms with Gasteiger partial charge in [-0.15, -0.1) is 12.4 Å². The van der Waals surface area contributed by atoms with Gasteiger partial charge in [0.25, 0.3) is 0 Å². The normalized spacial score (nSPS) is 20.6. The number of nitro benzene ring substituents is 1. The maximum atomic E-state index is 12.2. The lowest BCUT2D eigenvalue weighted by Crippen LogP contribution is -2.63. The molecule has 5 atom stereocenters.